The molecule has 3 atom stereocenters. The predicted molar refractivity (Wildman–Crippen MR) is 218 cm³/mol. The van der Waals surface area contributed by atoms with Gasteiger partial charge in [0.25, 0.3) is 0 Å². The molecule has 0 rings (SSSR count). The molecular formula is C43H69O10P. The molecule has 11 heteroatoms. The molecule has 0 fully saturated rings. The van der Waals surface area contributed by atoms with E-state index in [1.54, 1.807) is 30.4 Å². The Balaban J connectivity index is 4.28. The Kier molecular flexibility index (Phi) is 34.7. The first-order chi connectivity index (χ1) is 26.1. The van der Waals surface area contributed by atoms with Crippen LogP contribution < -0.4 is 0 Å². The van der Waals surface area contributed by atoms with Crippen LogP contribution in [-0.4, -0.2) is 63.5 Å². The van der Waals surface area contributed by atoms with Crippen LogP contribution in [0.15, 0.2) is 97.2 Å². The molecule has 0 bridgehead atoms. The quantitative estimate of drug-likeness (QED) is 0.0163. The average molecular weight is 777 g/mol. The lowest BCUT2D eigenvalue weighted by Gasteiger charge is -2.18. The highest BCUT2D eigenvalue weighted by atomic mass is 31.2. The lowest BCUT2D eigenvalue weighted by molar-refractivity contribution is -0.161. The second-order valence-corrected chi connectivity index (χ2v) is 14.2. The minimum absolute atomic E-state index is 0.0164. The van der Waals surface area contributed by atoms with Gasteiger partial charge in [0.05, 0.1) is 18.8 Å². The number of phosphoric ester groups is 1. The van der Waals surface area contributed by atoms with E-state index in [2.05, 4.69) is 35.8 Å². The first kappa shape index (κ1) is 50.9. The Hall–Kier alpha value is -3.11. The monoisotopic (exact) mass is 776 g/mol. The number of allylic oxidation sites excluding steroid dienone is 12. The highest BCUT2D eigenvalue weighted by Gasteiger charge is 2.22. The minimum Gasteiger partial charge on any atom is -0.462 e. The van der Waals surface area contributed by atoms with Crippen molar-refractivity contribution in [1.82, 2.24) is 0 Å². The molecule has 54 heavy (non-hydrogen) atoms. The molecule has 4 N–H and O–H groups in total. The molecule has 10 nitrogen and oxygen atoms in total. The van der Waals surface area contributed by atoms with Crippen molar-refractivity contribution in [3.63, 3.8) is 0 Å². The number of carbonyl (C=O) groups excluding carboxylic acids is 2. The number of aliphatic hydroxyl groups excluding tert-OH is 2. The van der Waals surface area contributed by atoms with E-state index >= 15 is 0 Å². The fourth-order valence-electron chi connectivity index (χ4n) is 4.81. The summed E-state index contributed by atoms with van der Waals surface area (Å²) in [4.78, 5) is 42.8. The molecule has 0 amide bonds. The van der Waals surface area contributed by atoms with Gasteiger partial charge in [-0.1, -0.05) is 150 Å². The number of hydrogen-bond donors (Lipinski definition) is 4. The lowest BCUT2D eigenvalue weighted by atomic mass is 10.1. The number of phosphoric acid groups is 1. The van der Waals surface area contributed by atoms with E-state index in [0.29, 0.717) is 32.1 Å². The van der Waals surface area contributed by atoms with Crippen LogP contribution >= 0.6 is 7.82 Å². The largest absolute Gasteiger partial charge is 0.469 e. The van der Waals surface area contributed by atoms with Gasteiger partial charge in [0.15, 0.2) is 6.10 Å². The number of esters is 2. The summed E-state index contributed by atoms with van der Waals surface area (Å²) < 4.78 is 26.2. The summed E-state index contributed by atoms with van der Waals surface area (Å²) in [6.45, 7) is 3.28. The summed E-state index contributed by atoms with van der Waals surface area (Å²) in [5.74, 6) is -1.10. The molecule has 0 spiro atoms. The molecule has 0 aliphatic carbocycles. The van der Waals surface area contributed by atoms with Crippen molar-refractivity contribution in [2.45, 2.75) is 148 Å². The van der Waals surface area contributed by atoms with Gasteiger partial charge in [-0.3, -0.25) is 14.1 Å². The third-order valence-electron chi connectivity index (χ3n) is 7.79. The SMILES string of the molecule is CC/C=C\C[C@H](O)/C=C/C=C\C/C=C\C=C\[C@H](O)/C=C\CCCC(=O)O[C@H](COC(=O)CCCCCCC/C=C\C=C/CCCCCC)COP(=O)(O)O. The zero-order chi connectivity index (χ0) is 40.0. The normalized spacial score (nSPS) is 14.7. The Morgan fingerprint density at radius 2 is 1.20 bits per heavy atom. The second-order valence-electron chi connectivity index (χ2n) is 12.9. The molecule has 0 saturated heterocycles. The Morgan fingerprint density at radius 1 is 0.611 bits per heavy atom. The summed E-state index contributed by atoms with van der Waals surface area (Å²) in [6.07, 6.45) is 43.4. The Bertz CT molecular complexity index is 1220. The molecule has 306 valence electrons. The van der Waals surface area contributed by atoms with Crippen LogP contribution in [0.1, 0.15) is 129 Å². The van der Waals surface area contributed by atoms with Crippen LogP contribution in [0, 0.1) is 0 Å². The van der Waals surface area contributed by atoms with E-state index in [0.717, 1.165) is 44.9 Å². The van der Waals surface area contributed by atoms with Gasteiger partial charge in [-0.2, -0.15) is 0 Å². The number of unbranched alkanes of at least 4 members (excludes halogenated alkanes) is 10. The molecular weight excluding hydrogens is 707 g/mol. The second kappa shape index (κ2) is 36.8. The summed E-state index contributed by atoms with van der Waals surface area (Å²) in [7, 11) is -4.82. The van der Waals surface area contributed by atoms with Crippen molar-refractivity contribution in [1.29, 1.82) is 0 Å². The number of carbonyl (C=O) groups is 2. The van der Waals surface area contributed by atoms with E-state index in [9.17, 15) is 24.4 Å². The maximum absolute atomic E-state index is 12.4. The van der Waals surface area contributed by atoms with Gasteiger partial charge in [0, 0.05) is 12.8 Å². The lowest BCUT2D eigenvalue weighted by Crippen LogP contribution is -2.29. The van der Waals surface area contributed by atoms with Gasteiger partial charge >= 0.3 is 19.8 Å². The number of rotatable bonds is 34. The number of hydrogen-bond acceptors (Lipinski definition) is 8. The molecule has 0 aliphatic heterocycles. The van der Waals surface area contributed by atoms with Crippen LogP contribution in [0.3, 0.4) is 0 Å². The maximum atomic E-state index is 12.4. The zero-order valence-corrected chi connectivity index (χ0v) is 33.7. The predicted octanol–water partition coefficient (Wildman–Crippen LogP) is 9.78. The first-order valence-corrected chi connectivity index (χ1v) is 21.3. The number of aliphatic hydroxyl groups is 2. The summed E-state index contributed by atoms with van der Waals surface area (Å²) in [5.41, 5.74) is 0. The van der Waals surface area contributed by atoms with Gasteiger partial charge in [-0.25, -0.2) is 4.57 Å². The Labute approximate surface area is 325 Å². The molecule has 0 radical (unpaired) electrons. The van der Waals surface area contributed by atoms with Gasteiger partial charge < -0.3 is 29.5 Å². The highest BCUT2D eigenvalue weighted by Crippen LogP contribution is 2.36. The molecule has 0 heterocycles. The molecule has 0 unspecified atom stereocenters. The van der Waals surface area contributed by atoms with E-state index in [1.807, 2.05) is 49.5 Å². The van der Waals surface area contributed by atoms with Crippen LogP contribution in [0.4, 0.5) is 0 Å². The van der Waals surface area contributed by atoms with E-state index in [1.165, 1.54) is 25.7 Å². The summed E-state index contributed by atoms with van der Waals surface area (Å²) in [5, 5.41) is 19.9. The van der Waals surface area contributed by atoms with Gasteiger partial charge in [-0.05, 0) is 64.2 Å². The highest BCUT2D eigenvalue weighted by molar-refractivity contribution is 7.46. The summed E-state index contributed by atoms with van der Waals surface area (Å²) >= 11 is 0. The maximum Gasteiger partial charge on any atom is 0.469 e. The number of ether oxygens (including phenoxy) is 2. The average Bonchev–Trinajstić information content (AvgIpc) is 3.13. The molecule has 0 aliphatic rings. The fourth-order valence-corrected chi connectivity index (χ4v) is 5.17. The first-order valence-electron chi connectivity index (χ1n) is 19.8. The van der Waals surface area contributed by atoms with Crippen molar-refractivity contribution in [2.75, 3.05) is 13.2 Å². The molecule has 0 aromatic carbocycles. The van der Waals surface area contributed by atoms with Crippen molar-refractivity contribution in [2.24, 2.45) is 0 Å². The molecule has 0 aromatic heterocycles. The topological polar surface area (TPSA) is 160 Å². The van der Waals surface area contributed by atoms with Crippen LogP contribution in [-0.2, 0) is 28.2 Å². The zero-order valence-electron chi connectivity index (χ0n) is 32.8. The van der Waals surface area contributed by atoms with E-state index in [-0.39, 0.29) is 19.4 Å². The van der Waals surface area contributed by atoms with Crippen LogP contribution in [0.2, 0.25) is 0 Å². The van der Waals surface area contributed by atoms with Gasteiger partial charge in [-0.15, -0.1) is 0 Å². The van der Waals surface area contributed by atoms with Crippen molar-refractivity contribution in [3.8, 4) is 0 Å². The van der Waals surface area contributed by atoms with Gasteiger partial charge in [0.2, 0.25) is 0 Å². The molecule has 0 aromatic rings. The third-order valence-corrected chi connectivity index (χ3v) is 8.27. The minimum atomic E-state index is -4.82. The van der Waals surface area contributed by atoms with E-state index < -0.39 is 44.7 Å². The van der Waals surface area contributed by atoms with Crippen LogP contribution in [0.25, 0.3) is 0 Å². The van der Waals surface area contributed by atoms with Crippen molar-refractivity contribution < 1.29 is 48.2 Å². The Morgan fingerprint density at radius 3 is 1.87 bits per heavy atom. The van der Waals surface area contributed by atoms with Crippen LogP contribution in [0.5, 0.6) is 0 Å². The smallest absolute Gasteiger partial charge is 0.462 e. The summed E-state index contributed by atoms with van der Waals surface area (Å²) in [6, 6.07) is 0. The van der Waals surface area contributed by atoms with Crippen molar-refractivity contribution >= 4 is 19.8 Å². The molecule has 0 saturated carbocycles. The standard InChI is InChI=1S/C43H69O10P/c1-3-5-7-8-9-10-11-12-13-14-15-16-20-23-29-35-42(46)51-37-41(38-52-54(48,49)50)53-43(47)36-30-24-28-34-40(45)33-27-22-19-17-18-21-26-32-39(44)31-25-6-4-2/h6,10-13,18-19,21-22,25-28,32-34,39-41,44-45H,3-5,7-9,14-17,20,23-24,29-31,35-38H2,1-2H3,(H2,48,49,50)/b11-10-,13-12-,21-18-,22-19-,25-6-,32-26+,33-27+,34-28-/t39-,40-,41+/m0/s1. The van der Waals surface area contributed by atoms with E-state index in [4.69, 9.17) is 19.3 Å². The van der Waals surface area contributed by atoms with Gasteiger partial charge in [0.1, 0.15) is 6.61 Å². The van der Waals surface area contributed by atoms with Crippen molar-refractivity contribution in [3.05, 3.63) is 97.2 Å². The fraction of sp³-hybridized carbons (Fsp3) is 0.581. The third kappa shape index (κ3) is 38.6.